The van der Waals surface area contributed by atoms with Crippen LogP contribution in [-0.4, -0.2) is 11.9 Å². The summed E-state index contributed by atoms with van der Waals surface area (Å²) in [7, 11) is 0. The molecule has 1 N–H and O–H groups in total. The van der Waals surface area contributed by atoms with Gasteiger partial charge in [0.1, 0.15) is 0 Å². The molecule has 3 saturated carbocycles. The fourth-order valence-corrected chi connectivity index (χ4v) is 6.96. The van der Waals surface area contributed by atoms with E-state index in [1.807, 2.05) is 0 Å². The van der Waals surface area contributed by atoms with E-state index in [1.165, 1.54) is 103 Å². The lowest BCUT2D eigenvalue weighted by Gasteiger charge is -2.38. The van der Waals surface area contributed by atoms with Gasteiger partial charge < -0.3 is 5.32 Å². The molecule has 0 saturated heterocycles. The number of hydrogen-bond donors (Lipinski definition) is 1. The van der Waals surface area contributed by atoms with Crippen molar-refractivity contribution in [2.45, 2.75) is 135 Å². The Morgan fingerprint density at radius 2 is 1.16 bits per heavy atom. The third-order valence-electron chi connectivity index (χ3n) is 9.22. The first-order valence-corrected chi connectivity index (χ1v) is 14.0. The average molecular weight is 430 g/mol. The van der Waals surface area contributed by atoms with Crippen LogP contribution in [0.15, 0.2) is 12.2 Å². The minimum atomic E-state index is 0.0465. The molecule has 0 bridgehead atoms. The summed E-state index contributed by atoms with van der Waals surface area (Å²) in [5, 5.41) is 3.16. The SMILES string of the molecule is C=C(C)C(=O)NC1CCC(CCC2CCC(C3CCC(CCCCC)CC3)CC2)CC1. The molecule has 0 aromatic rings. The summed E-state index contributed by atoms with van der Waals surface area (Å²) in [5.41, 5.74) is 0.637. The normalized spacial score (nSPS) is 34.3. The molecule has 2 nitrogen and oxygen atoms in total. The highest BCUT2D eigenvalue weighted by Gasteiger charge is 2.31. The van der Waals surface area contributed by atoms with Crippen molar-refractivity contribution in [3.63, 3.8) is 0 Å². The van der Waals surface area contributed by atoms with Crippen molar-refractivity contribution in [3.8, 4) is 0 Å². The molecule has 0 unspecified atom stereocenters. The molecule has 3 aliphatic carbocycles. The van der Waals surface area contributed by atoms with Crippen LogP contribution < -0.4 is 5.32 Å². The van der Waals surface area contributed by atoms with Gasteiger partial charge in [0.15, 0.2) is 0 Å². The molecule has 31 heavy (non-hydrogen) atoms. The van der Waals surface area contributed by atoms with Crippen molar-refractivity contribution in [2.24, 2.45) is 29.6 Å². The van der Waals surface area contributed by atoms with Crippen LogP contribution in [0.2, 0.25) is 0 Å². The number of unbranched alkanes of at least 4 members (excludes halogenated alkanes) is 2. The third kappa shape index (κ3) is 8.25. The molecule has 1 amide bonds. The largest absolute Gasteiger partial charge is 0.350 e. The van der Waals surface area contributed by atoms with Gasteiger partial charge in [-0.25, -0.2) is 0 Å². The van der Waals surface area contributed by atoms with Crippen LogP contribution in [0.25, 0.3) is 0 Å². The molecule has 3 fully saturated rings. The van der Waals surface area contributed by atoms with E-state index >= 15 is 0 Å². The maximum absolute atomic E-state index is 11.8. The summed E-state index contributed by atoms with van der Waals surface area (Å²) >= 11 is 0. The second-order valence-electron chi connectivity index (χ2n) is 11.6. The smallest absolute Gasteiger partial charge is 0.246 e. The molecular formula is C29H51NO. The highest BCUT2D eigenvalue weighted by atomic mass is 16.1. The first-order chi connectivity index (χ1) is 15.0. The van der Waals surface area contributed by atoms with Gasteiger partial charge in [0, 0.05) is 11.6 Å². The molecule has 3 rings (SSSR count). The molecule has 0 aromatic carbocycles. The van der Waals surface area contributed by atoms with Crippen LogP contribution in [0.4, 0.5) is 0 Å². The first-order valence-electron chi connectivity index (χ1n) is 14.0. The Labute approximate surface area is 193 Å². The van der Waals surface area contributed by atoms with E-state index in [1.54, 1.807) is 6.92 Å². The Balaban J connectivity index is 1.25. The lowest BCUT2D eigenvalue weighted by molar-refractivity contribution is -0.118. The van der Waals surface area contributed by atoms with Gasteiger partial charge in [0.2, 0.25) is 5.91 Å². The molecule has 3 aliphatic rings. The van der Waals surface area contributed by atoms with Gasteiger partial charge in [0.05, 0.1) is 0 Å². The van der Waals surface area contributed by atoms with Crippen LogP contribution in [0, 0.1) is 29.6 Å². The molecular weight excluding hydrogens is 378 g/mol. The molecule has 0 spiro atoms. The predicted molar refractivity (Wildman–Crippen MR) is 133 cm³/mol. The summed E-state index contributed by atoms with van der Waals surface area (Å²) in [6.45, 7) is 7.88. The van der Waals surface area contributed by atoms with E-state index in [0.29, 0.717) is 11.6 Å². The molecule has 0 aliphatic heterocycles. The minimum Gasteiger partial charge on any atom is -0.350 e. The van der Waals surface area contributed by atoms with E-state index in [-0.39, 0.29) is 5.91 Å². The van der Waals surface area contributed by atoms with Crippen LogP contribution in [0.5, 0.6) is 0 Å². The van der Waals surface area contributed by atoms with Gasteiger partial charge >= 0.3 is 0 Å². The van der Waals surface area contributed by atoms with Crippen molar-refractivity contribution in [3.05, 3.63) is 12.2 Å². The van der Waals surface area contributed by atoms with Crippen molar-refractivity contribution >= 4 is 5.91 Å². The molecule has 0 heterocycles. The third-order valence-corrected chi connectivity index (χ3v) is 9.22. The summed E-state index contributed by atoms with van der Waals surface area (Å²) in [6, 6.07) is 0.387. The fraction of sp³-hybridized carbons (Fsp3) is 0.897. The van der Waals surface area contributed by atoms with E-state index in [2.05, 4.69) is 18.8 Å². The van der Waals surface area contributed by atoms with E-state index in [9.17, 15) is 4.79 Å². The number of rotatable bonds is 10. The van der Waals surface area contributed by atoms with Crippen LogP contribution in [0.3, 0.4) is 0 Å². The standard InChI is InChI=1S/C29H51NO/c1-4-5-6-7-23-10-16-26(17-11-23)27-18-12-24(13-19-27)8-9-25-14-20-28(21-15-25)30-29(31)22(2)3/h23-28H,2,4-21H2,1,3H3,(H,30,31). The van der Waals surface area contributed by atoms with Gasteiger partial charge in [-0.15, -0.1) is 0 Å². The quantitative estimate of drug-likeness (QED) is 0.275. The van der Waals surface area contributed by atoms with E-state index < -0.39 is 0 Å². The number of hydrogen-bond acceptors (Lipinski definition) is 1. The summed E-state index contributed by atoms with van der Waals surface area (Å²) in [4.78, 5) is 11.8. The summed E-state index contributed by atoms with van der Waals surface area (Å²) < 4.78 is 0. The zero-order chi connectivity index (χ0) is 22.1. The predicted octanol–water partition coefficient (Wildman–Crippen LogP) is 8.21. The monoisotopic (exact) mass is 429 g/mol. The van der Waals surface area contributed by atoms with Crippen molar-refractivity contribution in [1.82, 2.24) is 5.32 Å². The Bertz CT molecular complexity index is 531. The van der Waals surface area contributed by atoms with Crippen LogP contribution in [-0.2, 0) is 4.79 Å². The second-order valence-corrected chi connectivity index (χ2v) is 11.6. The topological polar surface area (TPSA) is 29.1 Å². The Morgan fingerprint density at radius 1 is 0.710 bits per heavy atom. The second kappa shape index (κ2) is 13.0. The van der Waals surface area contributed by atoms with Crippen molar-refractivity contribution in [1.29, 1.82) is 0 Å². The highest BCUT2D eigenvalue weighted by molar-refractivity contribution is 5.92. The zero-order valence-corrected chi connectivity index (χ0v) is 20.8. The summed E-state index contributed by atoms with van der Waals surface area (Å²) in [5.74, 6) is 5.13. The molecule has 0 aromatic heterocycles. The Kier molecular flexibility index (Phi) is 10.5. The molecule has 0 atom stereocenters. The van der Waals surface area contributed by atoms with E-state index in [0.717, 1.165) is 42.4 Å². The maximum Gasteiger partial charge on any atom is 0.246 e. The maximum atomic E-state index is 11.8. The number of nitrogens with one attached hydrogen (secondary N) is 1. The number of carbonyl (C=O) groups is 1. The highest BCUT2D eigenvalue weighted by Crippen LogP contribution is 2.43. The number of amides is 1. The van der Waals surface area contributed by atoms with Crippen molar-refractivity contribution < 1.29 is 4.79 Å². The lowest BCUT2D eigenvalue weighted by atomic mass is 9.68. The molecule has 0 radical (unpaired) electrons. The van der Waals surface area contributed by atoms with Gasteiger partial charge in [-0.1, -0.05) is 77.7 Å². The average Bonchev–Trinajstić information content (AvgIpc) is 2.79. The van der Waals surface area contributed by atoms with E-state index in [4.69, 9.17) is 0 Å². The Morgan fingerprint density at radius 3 is 1.61 bits per heavy atom. The first kappa shape index (κ1) is 24.8. The zero-order valence-electron chi connectivity index (χ0n) is 20.8. The lowest BCUT2D eigenvalue weighted by Crippen LogP contribution is -2.37. The Hall–Kier alpha value is -0.790. The molecule has 178 valence electrons. The van der Waals surface area contributed by atoms with Crippen LogP contribution >= 0.6 is 0 Å². The van der Waals surface area contributed by atoms with Crippen LogP contribution in [0.1, 0.15) is 129 Å². The van der Waals surface area contributed by atoms with Crippen molar-refractivity contribution in [2.75, 3.05) is 0 Å². The molecule has 2 heteroatoms. The van der Waals surface area contributed by atoms with Gasteiger partial charge in [-0.05, 0) is 87.9 Å². The minimum absolute atomic E-state index is 0.0465. The fourth-order valence-electron chi connectivity index (χ4n) is 6.96. The summed E-state index contributed by atoms with van der Waals surface area (Å²) in [6.07, 6.45) is 25.8. The van der Waals surface area contributed by atoms with Gasteiger partial charge in [-0.2, -0.15) is 0 Å². The van der Waals surface area contributed by atoms with Gasteiger partial charge in [-0.3, -0.25) is 4.79 Å². The van der Waals surface area contributed by atoms with Gasteiger partial charge in [0.25, 0.3) is 0 Å². The number of carbonyl (C=O) groups excluding carboxylic acids is 1.